The maximum atomic E-state index is 12.6. The number of nitrogens with zero attached hydrogens (tertiary/aromatic N) is 3. The second-order valence-corrected chi connectivity index (χ2v) is 8.40. The molecule has 0 amide bonds. The first-order valence-electron chi connectivity index (χ1n) is 9.13. The van der Waals surface area contributed by atoms with E-state index in [0.29, 0.717) is 21.6 Å². The van der Waals surface area contributed by atoms with Gasteiger partial charge in [0.15, 0.2) is 0 Å². The van der Waals surface area contributed by atoms with Crippen LogP contribution in [0.15, 0.2) is 52.2 Å². The summed E-state index contributed by atoms with van der Waals surface area (Å²) in [6.45, 7) is 4.56. The van der Waals surface area contributed by atoms with E-state index < -0.39 is 6.10 Å². The number of hydrogen-bond donors (Lipinski definition) is 1. The van der Waals surface area contributed by atoms with Crippen molar-refractivity contribution < 1.29 is 5.11 Å². The number of rotatable bonds is 4. The number of benzene rings is 1. The number of thiophene rings is 1. The third kappa shape index (κ3) is 2.96. The molecular formula is C21H21N3O3S. The van der Waals surface area contributed by atoms with Gasteiger partial charge in [-0.3, -0.25) is 18.9 Å². The van der Waals surface area contributed by atoms with Gasteiger partial charge in [0, 0.05) is 30.1 Å². The Bertz CT molecular complexity index is 1290. The van der Waals surface area contributed by atoms with Crippen molar-refractivity contribution in [1.29, 1.82) is 0 Å². The van der Waals surface area contributed by atoms with Crippen molar-refractivity contribution in [3.8, 4) is 0 Å². The molecule has 28 heavy (non-hydrogen) atoms. The highest BCUT2D eigenvalue weighted by Gasteiger charge is 2.21. The number of aromatic nitrogens is 3. The van der Waals surface area contributed by atoms with E-state index in [4.69, 9.17) is 0 Å². The first kappa shape index (κ1) is 18.6. The van der Waals surface area contributed by atoms with Gasteiger partial charge in [-0.1, -0.05) is 32.0 Å². The Morgan fingerprint density at radius 2 is 1.89 bits per heavy atom. The molecule has 0 aliphatic carbocycles. The van der Waals surface area contributed by atoms with Crippen LogP contribution in [0.4, 0.5) is 0 Å². The van der Waals surface area contributed by atoms with E-state index in [1.807, 2.05) is 38.1 Å². The summed E-state index contributed by atoms with van der Waals surface area (Å²) in [4.78, 5) is 30.8. The zero-order chi connectivity index (χ0) is 20.0. The molecule has 3 aromatic heterocycles. The van der Waals surface area contributed by atoms with Crippen molar-refractivity contribution >= 4 is 32.5 Å². The van der Waals surface area contributed by atoms with Crippen molar-refractivity contribution in [3.05, 3.63) is 73.9 Å². The maximum Gasteiger partial charge on any atom is 0.331 e. The Morgan fingerprint density at radius 3 is 2.64 bits per heavy atom. The molecule has 0 fully saturated rings. The van der Waals surface area contributed by atoms with Crippen molar-refractivity contribution in [2.75, 3.05) is 0 Å². The van der Waals surface area contributed by atoms with E-state index in [0.717, 1.165) is 21.0 Å². The highest BCUT2D eigenvalue weighted by Crippen LogP contribution is 2.34. The van der Waals surface area contributed by atoms with E-state index in [1.165, 1.54) is 18.4 Å². The van der Waals surface area contributed by atoms with Crippen LogP contribution in [0.2, 0.25) is 0 Å². The van der Waals surface area contributed by atoms with Crippen LogP contribution in [-0.2, 0) is 13.6 Å². The summed E-state index contributed by atoms with van der Waals surface area (Å²) in [6.07, 6.45) is 0.764. The number of aliphatic hydroxyl groups is 1. The van der Waals surface area contributed by atoms with E-state index in [1.54, 1.807) is 22.9 Å². The van der Waals surface area contributed by atoms with Crippen LogP contribution >= 0.6 is 11.3 Å². The molecule has 0 bridgehead atoms. The SMILES string of the molecule is CC(C)Cn1c(=O)n(C)c(=O)c2cc(C(O)c3ccnc4ccccc34)sc21. The molecule has 6 nitrogen and oxygen atoms in total. The Labute approximate surface area is 165 Å². The Hall–Kier alpha value is -2.77. The van der Waals surface area contributed by atoms with Crippen molar-refractivity contribution in [2.45, 2.75) is 26.5 Å². The van der Waals surface area contributed by atoms with Gasteiger partial charge in [0.2, 0.25) is 0 Å². The molecule has 0 aliphatic heterocycles. The average molecular weight is 395 g/mol. The summed E-state index contributed by atoms with van der Waals surface area (Å²) < 4.78 is 2.77. The fraction of sp³-hybridized carbons (Fsp3) is 0.286. The highest BCUT2D eigenvalue weighted by molar-refractivity contribution is 7.18. The maximum absolute atomic E-state index is 12.6. The molecule has 1 unspecified atom stereocenters. The number of fused-ring (bicyclic) bond motifs is 2. The zero-order valence-electron chi connectivity index (χ0n) is 15.9. The van der Waals surface area contributed by atoms with Gasteiger partial charge in [-0.25, -0.2) is 4.79 Å². The standard InChI is InChI=1S/C21H21N3O3S/c1-12(2)11-24-20-15(19(26)23(3)21(24)27)10-17(28-20)18(25)14-8-9-22-16-7-5-4-6-13(14)16/h4-10,12,18,25H,11H2,1-3H3. The van der Waals surface area contributed by atoms with Crippen LogP contribution in [-0.4, -0.2) is 19.2 Å². The van der Waals surface area contributed by atoms with Gasteiger partial charge >= 0.3 is 5.69 Å². The summed E-state index contributed by atoms with van der Waals surface area (Å²) in [6, 6.07) is 11.1. The van der Waals surface area contributed by atoms with Crippen molar-refractivity contribution in [3.63, 3.8) is 0 Å². The first-order chi connectivity index (χ1) is 13.4. The summed E-state index contributed by atoms with van der Waals surface area (Å²) >= 11 is 1.29. The lowest BCUT2D eigenvalue weighted by molar-refractivity contribution is 0.226. The summed E-state index contributed by atoms with van der Waals surface area (Å²) in [5.41, 5.74) is 0.859. The minimum absolute atomic E-state index is 0.248. The van der Waals surface area contributed by atoms with E-state index in [9.17, 15) is 14.7 Å². The zero-order valence-corrected chi connectivity index (χ0v) is 16.7. The fourth-order valence-corrected chi connectivity index (χ4v) is 4.62. The third-order valence-corrected chi connectivity index (χ3v) is 6.03. The van der Waals surface area contributed by atoms with Gasteiger partial charge in [-0.2, -0.15) is 0 Å². The molecule has 4 rings (SSSR count). The van der Waals surface area contributed by atoms with E-state index in [2.05, 4.69) is 4.98 Å². The predicted molar refractivity (Wildman–Crippen MR) is 112 cm³/mol. The molecule has 0 aliphatic rings. The summed E-state index contributed by atoms with van der Waals surface area (Å²) in [7, 11) is 1.49. The molecular weight excluding hydrogens is 374 g/mol. The largest absolute Gasteiger partial charge is 0.383 e. The number of aliphatic hydroxyl groups excluding tert-OH is 1. The molecule has 0 radical (unpaired) electrons. The minimum atomic E-state index is -0.905. The van der Waals surface area contributed by atoms with Crippen LogP contribution in [0.3, 0.4) is 0 Å². The van der Waals surface area contributed by atoms with Crippen LogP contribution in [0.1, 0.15) is 30.4 Å². The lowest BCUT2D eigenvalue weighted by Gasteiger charge is -2.12. The fourth-order valence-electron chi connectivity index (χ4n) is 3.46. The lowest BCUT2D eigenvalue weighted by Crippen LogP contribution is -2.38. The van der Waals surface area contributed by atoms with Gasteiger partial charge in [0.25, 0.3) is 5.56 Å². The number of pyridine rings is 1. The lowest BCUT2D eigenvalue weighted by atomic mass is 10.0. The summed E-state index contributed by atoms with van der Waals surface area (Å²) in [5, 5.41) is 12.4. The Kier molecular flexibility index (Phi) is 4.64. The van der Waals surface area contributed by atoms with Gasteiger partial charge in [0.05, 0.1) is 10.9 Å². The predicted octanol–water partition coefficient (Wildman–Crippen LogP) is 3.05. The molecule has 1 atom stereocenters. The van der Waals surface area contributed by atoms with E-state index >= 15 is 0 Å². The normalized spacial score (nSPS) is 12.9. The molecule has 4 aromatic rings. The molecule has 0 spiro atoms. The molecule has 1 aromatic carbocycles. The molecule has 0 saturated heterocycles. The smallest absolute Gasteiger partial charge is 0.331 e. The van der Waals surface area contributed by atoms with Gasteiger partial charge in [-0.05, 0) is 29.7 Å². The van der Waals surface area contributed by atoms with Crippen molar-refractivity contribution in [2.24, 2.45) is 13.0 Å². The first-order valence-corrected chi connectivity index (χ1v) is 9.95. The van der Waals surface area contributed by atoms with Gasteiger partial charge < -0.3 is 5.11 Å². The quantitative estimate of drug-likeness (QED) is 0.576. The third-order valence-electron chi connectivity index (χ3n) is 4.82. The summed E-state index contributed by atoms with van der Waals surface area (Å²) in [5.74, 6) is 0.248. The molecule has 144 valence electrons. The molecule has 7 heteroatoms. The van der Waals surface area contributed by atoms with Crippen molar-refractivity contribution in [1.82, 2.24) is 14.1 Å². The second-order valence-electron chi connectivity index (χ2n) is 7.34. The number of para-hydroxylation sites is 1. The van der Waals surface area contributed by atoms with Crippen LogP contribution in [0, 0.1) is 5.92 Å². The van der Waals surface area contributed by atoms with E-state index in [-0.39, 0.29) is 17.2 Å². The molecule has 0 saturated carbocycles. The topological polar surface area (TPSA) is 77.1 Å². The molecule has 3 heterocycles. The van der Waals surface area contributed by atoms with Crippen LogP contribution in [0.25, 0.3) is 21.1 Å². The minimum Gasteiger partial charge on any atom is -0.383 e. The second kappa shape index (κ2) is 7.00. The Balaban J connectivity index is 1.93. The Morgan fingerprint density at radius 1 is 1.14 bits per heavy atom. The monoisotopic (exact) mass is 395 g/mol. The highest BCUT2D eigenvalue weighted by atomic mass is 32.1. The average Bonchev–Trinajstić information content (AvgIpc) is 3.14. The van der Waals surface area contributed by atoms with Crippen LogP contribution < -0.4 is 11.2 Å². The van der Waals surface area contributed by atoms with Gasteiger partial charge in [0.1, 0.15) is 10.9 Å². The van der Waals surface area contributed by atoms with Crippen LogP contribution in [0.5, 0.6) is 0 Å². The number of hydrogen-bond acceptors (Lipinski definition) is 5. The molecule has 1 N–H and O–H groups in total. The van der Waals surface area contributed by atoms with Gasteiger partial charge in [-0.15, -0.1) is 11.3 Å².